The Kier molecular flexibility index (Phi) is 5.90. The molecule has 0 radical (unpaired) electrons. The van der Waals surface area contributed by atoms with Gasteiger partial charge >= 0.3 is 0 Å². The van der Waals surface area contributed by atoms with Gasteiger partial charge in [0.05, 0.1) is 25.0 Å². The number of ether oxygens (including phenoxy) is 1. The van der Waals surface area contributed by atoms with E-state index in [9.17, 15) is 9.59 Å². The molecule has 0 unspecified atom stereocenters. The third-order valence-electron chi connectivity index (χ3n) is 5.47. The maximum absolute atomic E-state index is 13.4. The third-order valence-corrected chi connectivity index (χ3v) is 5.47. The number of carbonyl (C=O) groups is 2. The minimum atomic E-state index is -0.285. The first kappa shape index (κ1) is 20.2. The van der Waals surface area contributed by atoms with Crippen molar-refractivity contribution in [3.63, 3.8) is 0 Å². The Morgan fingerprint density at radius 2 is 1.73 bits per heavy atom. The number of likely N-dealkylation sites (N-methyl/N-ethyl adjacent to an activating group) is 1. The highest BCUT2D eigenvalue weighted by molar-refractivity contribution is 6.35. The number of benzene rings is 1. The summed E-state index contributed by atoms with van der Waals surface area (Å²) in [5.74, 6) is 0.792. The van der Waals surface area contributed by atoms with Crippen LogP contribution in [0, 0.1) is 0 Å². The Bertz CT molecular complexity index is 926. The average molecular weight is 409 g/mol. The SMILES string of the molecule is CCCOc1ccc(C2=C(N3CCN(C)CC3)C(=O)N(Cc3ccco3)C2=O)cc1. The van der Waals surface area contributed by atoms with Gasteiger partial charge in [0.25, 0.3) is 11.8 Å². The Labute approximate surface area is 176 Å². The summed E-state index contributed by atoms with van der Waals surface area (Å²) in [5, 5.41) is 0. The molecule has 0 spiro atoms. The molecule has 0 aliphatic carbocycles. The predicted molar refractivity (Wildman–Crippen MR) is 112 cm³/mol. The van der Waals surface area contributed by atoms with E-state index < -0.39 is 0 Å². The van der Waals surface area contributed by atoms with Crippen LogP contribution >= 0.6 is 0 Å². The minimum absolute atomic E-state index is 0.128. The molecule has 7 nitrogen and oxygen atoms in total. The number of carbonyl (C=O) groups excluding carboxylic acids is 2. The fourth-order valence-corrected chi connectivity index (χ4v) is 3.79. The number of rotatable bonds is 7. The lowest BCUT2D eigenvalue weighted by Crippen LogP contribution is -2.45. The highest BCUT2D eigenvalue weighted by atomic mass is 16.5. The number of imide groups is 1. The summed E-state index contributed by atoms with van der Waals surface area (Å²) >= 11 is 0. The molecule has 158 valence electrons. The van der Waals surface area contributed by atoms with Crippen molar-refractivity contribution in [2.45, 2.75) is 19.9 Å². The van der Waals surface area contributed by atoms with E-state index in [0.717, 1.165) is 30.8 Å². The lowest BCUT2D eigenvalue weighted by molar-refractivity contribution is -0.138. The number of amides is 2. The van der Waals surface area contributed by atoms with E-state index in [1.165, 1.54) is 4.90 Å². The zero-order valence-corrected chi connectivity index (χ0v) is 17.5. The quantitative estimate of drug-likeness (QED) is 0.655. The van der Waals surface area contributed by atoms with E-state index in [1.807, 2.05) is 29.2 Å². The van der Waals surface area contributed by atoms with Crippen LogP contribution in [0.5, 0.6) is 5.75 Å². The molecular weight excluding hydrogens is 382 g/mol. The van der Waals surface area contributed by atoms with Crippen LogP contribution in [0.3, 0.4) is 0 Å². The van der Waals surface area contributed by atoms with Crippen molar-refractivity contribution in [3.8, 4) is 5.75 Å². The predicted octanol–water partition coefficient (Wildman–Crippen LogP) is 2.60. The molecule has 30 heavy (non-hydrogen) atoms. The molecule has 7 heteroatoms. The van der Waals surface area contributed by atoms with Gasteiger partial charge in [0.1, 0.15) is 17.2 Å². The van der Waals surface area contributed by atoms with Crippen LogP contribution in [0.2, 0.25) is 0 Å². The molecule has 1 aromatic heterocycles. The van der Waals surface area contributed by atoms with Crippen LogP contribution in [0.25, 0.3) is 5.57 Å². The molecule has 0 bridgehead atoms. The number of hydrogen-bond donors (Lipinski definition) is 0. The topological polar surface area (TPSA) is 66.2 Å². The first-order valence-electron chi connectivity index (χ1n) is 10.4. The molecule has 2 aromatic rings. The van der Waals surface area contributed by atoms with E-state index in [0.29, 0.717) is 36.7 Å². The van der Waals surface area contributed by atoms with Gasteiger partial charge in [-0.25, -0.2) is 0 Å². The van der Waals surface area contributed by atoms with Crippen molar-refractivity contribution in [1.82, 2.24) is 14.7 Å². The summed E-state index contributed by atoms with van der Waals surface area (Å²) in [6.07, 6.45) is 2.47. The Morgan fingerprint density at radius 3 is 2.37 bits per heavy atom. The fraction of sp³-hybridized carbons (Fsp3) is 0.391. The van der Waals surface area contributed by atoms with Gasteiger partial charge in [0.15, 0.2) is 0 Å². The molecular formula is C23H27N3O4. The zero-order valence-electron chi connectivity index (χ0n) is 17.5. The maximum Gasteiger partial charge on any atom is 0.278 e. The van der Waals surface area contributed by atoms with Crippen LogP contribution in [0.15, 0.2) is 52.8 Å². The van der Waals surface area contributed by atoms with Gasteiger partial charge in [-0.15, -0.1) is 0 Å². The van der Waals surface area contributed by atoms with Crippen LogP contribution in [0.1, 0.15) is 24.7 Å². The highest BCUT2D eigenvalue weighted by Crippen LogP contribution is 2.33. The summed E-state index contributed by atoms with van der Waals surface area (Å²) in [4.78, 5) is 32.2. The lowest BCUT2D eigenvalue weighted by atomic mass is 10.0. The van der Waals surface area contributed by atoms with Crippen molar-refractivity contribution in [3.05, 3.63) is 59.7 Å². The summed E-state index contributed by atoms with van der Waals surface area (Å²) in [7, 11) is 2.06. The van der Waals surface area contributed by atoms with Gasteiger partial charge < -0.3 is 19.0 Å². The first-order chi connectivity index (χ1) is 14.6. The second-order valence-electron chi connectivity index (χ2n) is 7.66. The van der Waals surface area contributed by atoms with Crippen molar-refractivity contribution in [2.75, 3.05) is 39.8 Å². The standard InChI is InChI=1S/C23H27N3O4/c1-3-14-29-18-8-6-17(7-9-18)20-21(25-12-10-24(2)11-13-25)23(28)26(22(20)27)16-19-5-4-15-30-19/h4-9,15H,3,10-14,16H2,1-2H3. The van der Waals surface area contributed by atoms with Gasteiger partial charge in [0, 0.05) is 26.2 Å². The Morgan fingerprint density at radius 1 is 1.00 bits per heavy atom. The molecule has 3 heterocycles. The van der Waals surface area contributed by atoms with Crippen LogP contribution in [0.4, 0.5) is 0 Å². The van der Waals surface area contributed by atoms with Gasteiger partial charge in [-0.2, -0.15) is 0 Å². The van der Waals surface area contributed by atoms with Gasteiger partial charge in [-0.3, -0.25) is 14.5 Å². The number of furan rings is 1. The molecule has 1 fully saturated rings. The molecule has 1 aromatic carbocycles. The normalized spacial score (nSPS) is 17.9. The summed E-state index contributed by atoms with van der Waals surface area (Å²) in [6.45, 7) is 5.94. The van der Waals surface area contributed by atoms with Crippen molar-refractivity contribution < 1.29 is 18.7 Å². The summed E-state index contributed by atoms with van der Waals surface area (Å²) in [6, 6.07) is 11.0. The molecule has 2 aliphatic heterocycles. The molecule has 0 saturated carbocycles. The van der Waals surface area contributed by atoms with Crippen molar-refractivity contribution in [1.29, 1.82) is 0 Å². The Balaban J connectivity index is 1.67. The van der Waals surface area contributed by atoms with Crippen molar-refractivity contribution in [2.24, 2.45) is 0 Å². The molecule has 1 saturated heterocycles. The molecule has 2 aliphatic rings. The molecule has 0 atom stereocenters. The lowest BCUT2D eigenvalue weighted by Gasteiger charge is -2.34. The fourth-order valence-electron chi connectivity index (χ4n) is 3.79. The minimum Gasteiger partial charge on any atom is -0.494 e. The zero-order chi connectivity index (χ0) is 21.1. The number of nitrogens with zero attached hydrogens (tertiary/aromatic N) is 3. The second kappa shape index (κ2) is 8.75. The smallest absolute Gasteiger partial charge is 0.278 e. The van der Waals surface area contributed by atoms with Gasteiger partial charge in [-0.1, -0.05) is 19.1 Å². The first-order valence-corrected chi connectivity index (χ1v) is 10.4. The van der Waals surface area contributed by atoms with Gasteiger partial charge in [0.2, 0.25) is 0 Å². The van der Waals surface area contributed by atoms with Crippen LogP contribution in [-0.2, 0) is 16.1 Å². The molecule has 0 N–H and O–H groups in total. The third kappa shape index (κ3) is 3.98. The average Bonchev–Trinajstić information content (AvgIpc) is 3.36. The summed E-state index contributed by atoms with van der Waals surface area (Å²) in [5.41, 5.74) is 1.67. The second-order valence-corrected chi connectivity index (χ2v) is 7.66. The highest BCUT2D eigenvalue weighted by Gasteiger charge is 2.42. The monoisotopic (exact) mass is 409 g/mol. The number of hydrogen-bond acceptors (Lipinski definition) is 6. The Hall–Kier alpha value is -3.06. The van der Waals surface area contributed by atoms with E-state index in [-0.39, 0.29) is 18.4 Å². The number of piperazine rings is 1. The van der Waals surface area contributed by atoms with E-state index in [1.54, 1.807) is 18.4 Å². The van der Waals surface area contributed by atoms with E-state index in [4.69, 9.17) is 9.15 Å². The van der Waals surface area contributed by atoms with Crippen LogP contribution < -0.4 is 4.74 Å². The van der Waals surface area contributed by atoms with Gasteiger partial charge in [-0.05, 0) is 43.3 Å². The van der Waals surface area contributed by atoms with Crippen LogP contribution in [-0.4, -0.2) is 66.3 Å². The summed E-state index contributed by atoms with van der Waals surface area (Å²) < 4.78 is 11.0. The van der Waals surface area contributed by atoms with E-state index >= 15 is 0 Å². The molecule has 2 amide bonds. The largest absolute Gasteiger partial charge is 0.494 e. The van der Waals surface area contributed by atoms with E-state index in [2.05, 4.69) is 18.9 Å². The maximum atomic E-state index is 13.4. The molecule has 4 rings (SSSR count). The van der Waals surface area contributed by atoms with Crippen molar-refractivity contribution >= 4 is 17.4 Å².